The van der Waals surface area contributed by atoms with E-state index in [-0.39, 0.29) is 11.8 Å². The predicted octanol–water partition coefficient (Wildman–Crippen LogP) is 1.25. The smallest absolute Gasteiger partial charge is 0.163 e. The lowest BCUT2D eigenvalue weighted by Gasteiger charge is -2.42. The van der Waals surface area contributed by atoms with E-state index in [0.717, 1.165) is 36.8 Å². The van der Waals surface area contributed by atoms with Crippen molar-refractivity contribution in [3.63, 3.8) is 0 Å². The molecule has 3 rings (SSSR count). The van der Waals surface area contributed by atoms with Crippen molar-refractivity contribution in [2.24, 2.45) is 11.8 Å². The van der Waals surface area contributed by atoms with Gasteiger partial charge in [0, 0.05) is 23.0 Å². The van der Waals surface area contributed by atoms with Crippen molar-refractivity contribution in [3.8, 4) is 0 Å². The van der Waals surface area contributed by atoms with Gasteiger partial charge in [-0.3, -0.25) is 9.59 Å². The molecule has 0 N–H and O–H groups in total. The summed E-state index contributed by atoms with van der Waals surface area (Å²) >= 11 is 0. The summed E-state index contributed by atoms with van der Waals surface area (Å²) in [6, 6.07) is 0. The van der Waals surface area contributed by atoms with Crippen molar-refractivity contribution in [3.05, 3.63) is 11.1 Å². The average molecular weight is 162 g/mol. The molecule has 0 aromatic rings. The number of rotatable bonds is 0. The van der Waals surface area contributed by atoms with Crippen LogP contribution in [0.2, 0.25) is 0 Å². The van der Waals surface area contributed by atoms with Crippen molar-refractivity contribution in [1.82, 2.24) is 0 Å². The molecule has 0 aliphatic heterocycles. The molecule has 0 bridgehead atoms. The van der Waals surface area contributed by atoms with Crippen LogP contribution in [0, 0.1) is 11.8 Å². The van der Waals surface area contributed by atoms with Crippen molar-refractivity contribution >= 4 is 11.6 Å². The normalized spacial score (nSPS) is 38.3. The minimum Gasteiger partial charge on any atom is -0.294 e. The zero-order valence-corrected chi connectivity index (χ0v) is 6.80. The third-order valence-electron chi connectivity index (χ3n) is 3.53. The van der Waals surface area contributed by atoms with E-state index in [2.05, 4.69) is 0 Å². The number of ketones is 2. The molecule has 0 amide bonds. The van der Waals surface area contributed by atoms with Crippen LogP contribution >= 0.6 is 0 Å². The van der Waals surface area contributed by atoms with Crippen LogP contribution in [0.15, 0.2) is 11.1 Å². The molecule has 2 atom stereocenters. The summed E-state index contributed by atoms with van der Waals surface area (Å²) in [5, 5.41) is 0. The highest BCUT2D eigenvalue weighted by Gasteiger charge is 2.49. The Balaban J connectivity index is 2.11. The first-order valence-electron chi connectivity index (χ1n) is 4.59. The van der Waals surface area contributed by atoms with Crippen molar-refractivity contribution in [2.45, 2.75) is 25.7 Å². The first-order chi connectivity index (χ1) is 5.79. The summed E-state index contributed by atoms with van der Waals surface area (Å²) in [6.07, 6.45) is 3.63. The van der Waals surface area contributed by atoms with Gasteiger partial charge < -0.3 is 0 Å². The minimum absolute atomic E-state index is 0.0940. The number of carbonyl (C=O) groups excluding carboxylic acids is 2. The summed E-state index contributed by atoms with van der Waals surface area (Å²) in [5.41, 5.74) is 1.75. The van der Waals surface area contributed by atoms with E-state index in [1.165, 1.54) is 0 Å². The van der Waals surface area contributed by atoms with Gasteiger partial charge in [0.2, 0.25) is 0 Å². The summed E-state index contributed by atoms with van der Waals surface area (Å²) in [6.45, 7) is 0. The number of hydrogen-bond acceptors (Lipinski definition) is 2. The molecule has 0 spiro atoms. The quantitative estimate of drug-likeness (QED) is 0.537. The second kappa shape index (κ2) is 1.87. The monoisotopic (exact) mass is 162 g/mol. The molecule has 0 aromatic heterocycles. The molecule has 1 fully saturated rings. The zero-order valence-electron chi connectivity index (χ0n) is 6.80. The van der Waals surface area contributed by atoms with Gasteiger partial charge in [0.15, 0.2) is 11.6 Å². The van der Waals surface area contributed by atoms with Gasteiger partial charge in [0.05, 0.1) is 0 Å². The number of hydrogen-bond donors (Lipinski definition) is 0. The van der Waals surface area contributed by atoms with Crippen LogP contribution in [-0.2, 0) is 9.59 Å². The largest absolute Gasteiger partial charge is 0.294 e. The topological polar surface area (TPSA) is 34.1 Å². The van der Waals surface area contributed by atoms with E-state index < -0.39 is 0 Å². The third-order valence-corrected chi connectivity index (χ3v) is 3.53. The van der Waals surface area contributed by atoms with Crippen LogP contribution in [-0.4, -0.2) is 11.6 Å². The molecule has 3 aliphatic carbocycles. The van der Waals surface area contributed by atoms with Crippen LogP contribution in [0.3, 0.4) is 0 Å². The van der Waals surface area contributed by atoms with Gasteiger partial charge in [0.1, 0.15) is 0 Å². The number of allylic oxidation sites excluding steroid dienone is 2. The molecule has 0 saturated heterocycles. The Morgan fingerprint density at radius 3 is 1.50 bits per heavy atom. The molecule has 3 aliphatic rings. The van der Waals surface area contributed by atoms with E-state index in [1.54, 1.807) is 0 Å². The molecule has 0 aromatic carbocycles. The van der Waals surface area contributed by atoms with Crippen LogP contribution in [0.5, 0.6) is 0 Å². The van der Waals surface area contributed by atoms with Crippen LogP contribution in [0.4, 0.5) is 0 Å². The lowest BCUT2D eigenvalue weighted by molar-refractivity contribution is -0.137. The van der Waals surface area contributed by atoms with Crippen LogP contribution < -0.4 is 0 Å². The Morgan fingerprint density at radius 2 is 1.25 bits per heavy atom. The Hall–Kier alpha value is -0.920. The lowest BCUT2D eigenvalue weighted by Crippen LogP contribution is -2.46. The maximum Gasteiger partial charge on any atom is 0.163 e. The molecule has 0 radical (unpaired) electrons. The maximum atomic E-state index is 11.6. The molecule has 1 saturated carbocycles. The summed E-state index contributed by atoms with van der Waals surface area (Å²) < 4.78 is 0. The van der Waals surface area contributed by atoms with Crippen molar-refractivity contribution in [2.75, 3.05) is 0 Å². The molecule has 2 heteroatoms. The number of fused-ring (bicyclic) bond motifs is 1. The summed E-state index contributed by atoms with van der Waals surface area (Å²) in [5.74, 6) is 0.785. The first-order valence-corrected chi connectivity index (χ1v) is 4.59. The van der Waals surface area contributed by atoms with E-state index >= 15 is 0 Å². The second-order valence-corrected chi connectivity index (χ2v) is 3.98. The standard InChI is InChI=1S/C10H10O2/c11-9-5-1-2-6(5)10(12)8-4-3-7(8)9/h5-6H,1-4H2/t5-,6-/m0/s1. The maximum absolute atomic E-state index is 11.6. The van der Waals surface area contributed by atoms with E-state index in [0.29, 0.717) is 11.6 Å². The van der Waals surface area contributed by atoms with Gasteiger partial charge in [-0.05, 0) is 25.7 Å². The highest BCUT2D eigenvalue weighted by molar-refractivity contribution is 6.16. The SMILES string of the molecule is O=C1C2=C(CC2)C(=O)[C@H]2CC[C@H]12. The van der Waals surface area contributed by atoms with Gasteiger partial charge in [-0.1, -0.05) is 0 Å². The molecule has 12 heavy (non-hydrogen) atoms. The first kappa shape index (κ1) is 6.58. The molecule has 0 heterocycles. The van der Waals surface area contributed by atoms with Gasteiger partial charge in [-0.25, -0.2) is 0 Å². The lowest BCUT2D eigenvalue weighted by atomic mass is 9.58. The van der Waals surface area contributed by atoms with E-state index in [9.17, 15) is 9.59 Å². The molecule has 2 nitrogen and oxygen atoms in total. The molecular weight excluding hydrogens is 152 g/mol. The van der Waals surface area contributed by atoms with E-state index in [1.807, 2.05) is 0 Å². The highest BCUT2D eigenvalue weighted by atomic mass is 16.1. The second-order valence-electron chi connectivity index (χ2n) is 3.98. The van der Waals surface area contributed by atoms with Crippen LogP contribution in [0.25, 0.3) is 0 Å². The molecule has 0 unspecified atom stereocenters. The fourth-order valence-corrected chi connectivity index (χ4v) is 2.49. The van der Waals surface area contributed by atoms with Crippen molar-refractivity contribution in [1.29, 1.82) is 0 Å². The van der Waals surface area contributed by atoms with E-state index in [4.69, 9.17) is 0 Å². The number of carbonyl (C=O) groups is 2. The van der Waals surface area contributed by atoms with Gasteiger partial charge in [-0.15, -0.1) is 0 Å². The minimum atomic E-state index is 0.0940. The Morgan fingerprint density at radius 1 is 0.833 bits per heavy atom. The van der Waals surface area contributed by atoms with Gasteiger partial charge in [-0.2, -0.15) is 0 Å². The van der Waals surface area contributed by atoms with Crippen molar-refractivity contribution < 1.29 is 9.59 Å². The molecule has 62 valence electrons. The van der Waals surface area contributed by atoms with Gasteiger partial charge >= 0.3 is 0 Å². The highest BCUT2D eigenvalue weighted by Crippen LogP contribution is 2.48. The van der Waals surface area contributed by atoms with Gasteiger partial charge in [0.25, 0.3) is 0 Å². The molecular formula is C10H10O2. The summed E-state index contributed by atoms with van der Waals surface area (Å²) in [7, 11) is 0. The fraction of sp³-hybridized carbons (Fsp3) is 0.600. The van der Waals surface area contributed by atoms with Crippen LogP contribution in [0.1, 0.15) is 25.7 Å². The Kier molecular flexibility index (Phi) is 1.03. The Labute approximate surface area is 70.6 Å². The summed E-state index contributed by atoms with van der Waals surface area (Å²) in [4.78, 5) is 23.2. The fourth-order valence-electron chi connectivity index (χ4n) is 2.49. The zero-order chi connectivity index (χ0) is 8.29. The predicted molar refractivity (Wildman–Crippen MR) is 42.5 cm³/mol. The average Bonchev–Trinajstić information content (AvgIpc) is 1.78. The number of Topliss-reactive ketones (excluding diaryl/α,β-unsaturated/α-hetero) is 2. The Bertz CT molecular complexity index is 293. The third kappa shape index (κ3) is 0.542.